The van der Waals surface area contributed by atoms with Crippen molar-refractivity contribution in [1.82, 2.24) is 10.6 Å². The maximum Gasteiger partial charge on any atom is 0.191 e. The average molecular weight is 453 g/mol. The molecule has 1 heterocycles. The molecule has 1 saturated carbocycles. The molecule has 5 nitrogen and oxygen atoms in total. The summed E-state index contributed by atoms with van der Waals surface area (Å²) in [5.41, 5.74) is 0. The van der Waals surface area contributed by atoms with E-state index in [1.54, 1.807) is 0 Å². The highest BCUT2D eigenvalue weighted by atomic mass is 127. The smallest absolute Gasteiger partial charge is 0.191 e. The molecule has 0 aromatic carbocycles. The number of guanidine groups is 1. The van der Waals surface area contributed by atoms with Crippen molar-refractivity contribution < 1.29 is 9.47 Å². The van der Waals surface area contributed by atoms with E-state index < -0.39 is 0 Å². The summed E-state index contributed by atoms with van der Waals surface area (Å²) in [7, 11) is 1.82. The number of ether oxygens (including phenoxy) is 2. The van der Waals surface area contributed by atoms with Gasteiger partial charge in [-0.15, -0.1) is 24.0 Å². The van der Waals surface area contributed by atoms with Crippen LogP contribution >= 0.6 is 24.0 Å². The number of halogens is 1. The topological polar surface area (TPSA) is 54.9 Å². The second-order valence-electron chi connectivity index (χ2n) is 6.71. The van der Waals surface area contributed by atoms with Gasteiger partial charge in [-0.3, -0.25) is 4.99 Å². The molecule has 0 bridgehead atoms. The van der Waals surface area contributed by atoms with Crippen LogP contribution in [0, 0.1) is 0 Å². The Morgan fingerprint density at radius 1 is 1.04 bits per heavy atom. The molecule has 2 fully saturated rings. The van der Waals surface area contributed by atoms with Gasteiger partial charge in [0.2, 0.25) is 0 Å². The largest absolute Gasteiger partial charge is 0.378 e. The van der Waals surface area contributed by atoms with Crippen LogP contribution in [0.2, 0.25) is 0 Å². The maximum absolute atomic E-state index is 5.96. The second kappa shape index (κ2) is 14.1. The number of nitrogens with one attached hydrogen (secondary N) is 2. The van der Waals surface area contributed by atoms with Gasteiger partial charge in [-0.1, -0.05) is 19.3 Å². The number of rotatable bonds is 9. The fourth-order valence-corrected chi connectivity index (χ4v) is 3.33. The van der Waals surface area contributed by atoms with Gasteiger partial charge in [0.05, 0.1) is 12.2 Å². The molecular weight excluding hydrogens is 417 g/mol. The first kappa shape index (κ1) is 22.0. The van der Waals surface area contributed by atoms with E-state index in [0.29, 0.717) is 12.2 Å². The average Bonchev–Trinajstić information content (AvgIpc) is 3.11. The molecule has 2 N–H and O–H groups in total. The van der Waals surface area contributed by atoms with Gasteiger partial charge in [-0.25, -0.2) is 0 Å². The van der Waals surface area contributed by atoms with Gasteiger partial charge < -0.3 is 20.1 Å². The van der Waals surface area contributed by atoms with E-state index in [1.165, 1.54) is 51.4 Å². The molecule has 142 valence electrons. The molecule has 0 radical (unpaired) electrons. The summed E-state index contributed by atoms with van der Waals surface area (Å²) in [6.45, 7) is 3.65. The summed E-state index contributed by atoms with van der Waals surface area (Å²) < 4.78 is 11.6. The minimum atomic E-state index is 0. The number of hydrogen-bond donors (Lipinski definition) is 2. The summed E-state index contributed by atoms with van der Waals surface area (Å²) in [6.07, 6.45) is 13.4. The minimum absolute atomic E-state index is 0. The first-order valence-corrected chi connectivity index (χ1v) is 9.56. The molecule has 1 aliphatic carbocycles. The SMILES string of the molecule is CN=C(NCCCCCOC1CCCCC1)NCC1CCCO1.I. The van der Waals surface area contributed by atoms with Crippen LogP contribution in [0.15, 0.2) is 4.99 Å². The molecular formula is C18H36IN3O2. The van der Waals surface area contributed by atoms with E-state index in [9.17, 15) is 0 Å². The number of aliphatic imine (C=N–C) groups is 1. The molecule has 2 rings (SSSR count). The lowest BCUT2D eigenvalue weighted by atomic mass is 9.98. The summed E-state index contributed by atoms with van der Waals surface area (Å²) in [5, 5.41) is 6.72. The van der Waals surface area contributed by atoms with E-state index in [2.05, 4.69) is 15.6 Å². The van der Waals surface area contributed by atoms with E-state index in [4.69, 9.17) is 9.47 Å². The fourth-order valence-electron chi connectivity index (χ4n) is 3.33. The maximum atomic E-state index is 5.96. The van der Waals surface area contributed by atoms with Crippen molar-refractivity contribution in [3.63, 3.8) is 0 Å². The lowest BCUT2D eigenvalue weighted by Crippen LogP contribution is -2.41. The summed E-state index contributed by atoms with van der Waals surface area (Å²) in [6, 6.07) is 0. The van der Waals surface area contributed by atoms with Crippen LogP contribution in [0.1, 0.15) is 64.2 Å². The van der Waals surface area contributed by atoms with Gasteiger partial charge in [0.1, 0.15) is 0 Å². The predicted molar refractivity (Wildman–Crippen MR) is 110 cm³/mol. The van der Waals surface area contributed by atoms with E-state index >= 15 is 0 Å². The Bertz CT molecular complexity index is 330. The van der Waals surface area contributed by atoms with Gasteiger partial charge >= 0.3 is 0 Å². The lowest BCUT2D eigenvalue weighted by Gasteiger charge is -2.21. The highest BCUT2D eigenvalue weighted by Crippen LogP contribution is 2.20. The quantitative estimate of drug-likeness (QED) is 0.243. The minimum Gasteiger partial charge on any atom is -0.378 e. The summed E-state index contributed by atoms with van der Waals surface area (Å²) >= 11 is 0. The standard InChI is InChI=1S/C18H35N3O2.HI/c1-19-18(21-15-17-11-8-14-23-17)20-12-6-3-7-13-22-16-9-4-2-5-10-16;/h16-17H,2-15H2,1H3,(H2,19,20,21);1H. The van der Waals surface area contributed by atoms with Crippen LogP contribution in [0.4, 0.5) is 0 Å². The first-order chi connectivity index (χ1) is 11.4. The number of nitrogens with zero attached hydrogens (tertiary/aromatic N) is 1. The fraction of sp³-hybridized carbons (Fsp3) is 0.944. The molecule has 0 aromatic heterocycles. The Morgan fingerprint density at radius 2 is 1.88 bits per heavy atom. The molecule has 24 heavy (non-hydrogen) atoms. The third kappa shape index (κ3) is 9.42. The van der Waals surface area contributed by atoms with Crippen molar-refractivity contribution in [2.45, 2.75) is 76.4 Å². The van der Waals surface area contributed by atoms with Crippen molar-refractivity contribution in [2.75, 3.05) is 33.4 Å². The van der Waals surface area contributed by atoms with Crippen LogP contribution in [-0.4, -0.2) is 51.5 Å². The van der Waals surface area contributed by atoms with Crippen molar-refractivity contribution in [3.05, 3.63) is 0 Å². The zero-order valence-corrected chi connectivity index (χ0v) is 17.6. The van der Waals surface area contributed by atoms with E-state index in [-0.39, 0.29) is 24.0 Å². The Labute approximate surface area is 164 Å². The zero-order chi connectivity index (χ0) is 16.2. The Morgan fingerprint density at radius 3 is 2.58 bits per heavy atom. The third-order valence-electron chi connectivity index (χ3n) is 4.76. The summed E-state index contributed by atoms with van der Waals surface area (Å²) in [5.74, 6) is 0.888. The molecule has 0 amide bonds. The van der Waals surface area contributed by atoms with E-state index in [1.807, 2.05) is 7.05 Å². The van der Waals surface area contributed by atoms with Gasteiger partial charge in [0.15, 0.2) is 5.96 Å². The Balaban J connectivity index is 0.00000288. The van der Waals surface area contributed by atoms with Crippen molar-refractivity contribution in [2.24, 2.45) is 4.99 Å². The zero-order valence-electron chi connectivity index (χ0n) is 15.2. The molecule has 6 heteroatoms. The van der Waals surface area contributed by atoms with Gasteiger partial charge in [-0.2, -0.15) is 0 Å². The van der Waals surface area contributed by atoms with Crippen LogP contribution in [0.3, 0.4) is 0 Å². The molecule has 1 atom stereocenters. The Hall–Kier alpha value is -0.0800. The van der Waals surface area contributed by atoms with Crippen LogP contribution in [0.25, 0.3) is 0 Å². The van der Waals surface area contributed by atoms with Crippen molar-refractivity contribution >= 4 is 29.9 Å². The monoisotopic (exact) mass is 453 g/mol. The molecule has 1 unspecified atom stereocenters. The van der Waals surface area contributed by atoms with Crippen molar-refractivity contribution in [3.8, 4) is 0 Å². The van der Waals surface area contributed by atoms with Gasteiger partial charge in [0.25, 0.3) is 0 Å². The molecule has 0 spiro atoms. The van der Waals surface area contributed by atoms with Gasteiger partial charge in [0, 0.05) is 33.4 Å². The predicted octanol–water partition coefficient (Wildman–Crippen LogP) is 3.47. The highest BCUT2D eigenvalue weighted by molar-refractivity contribution is 14.0. The first-order valence-electron chi connectivity index (χ1n) is 9.56. The van der Waals surface area contributed by atoms with E-state index in [0.717, 1.165) is 45.1 Å². The van der Waals surface area contributed by atoms with Gasteiger partial charge in [-0.05, 0) is 44.9 Å². The van der Waals surface area contributed by atoms with Crippen LogP contribution < -0.4 is 10.6 Å². The lowest BCUT2D eigenvalue weighted by molar-refractivity contribution is 0.0264. The van der Waals surface area contributed by atoms with Crippen LogP contribution in [0.5, 0.6) is 0 Å². The molecule has 1 aliphatic heterocycles. The molecule has 0 aromatic rings. The Kier molecular flexibility index (Phi) is 12.9. The number of hydrogen-bond acceptors (Lipinski definition) is 3. The summed E-state index contributed by atoms with van der Waals surface area (Å²) in [4.78, 5) is 4.26. The normalized spacial score (nSPS) is 22.2. The molecule has 1 saturated heterocycles. The number of unbranched alkanes of at least 4 members (excludes halogenated alkanes) is 2. The molecule has 2 aliphatic rings. The van der Waals surface area contributed by atoms with Crippen molar-refractivity contribution in [1.29, 1.82) is 0 Å². The highest BCUT2D eigenvalue weighted by Gasteiger charge is 2.15. The second-order valence-corrected chi connectivity index (χ2v) is 6.71. The third-order valence-corrected chi connectivity index (χ3v) is 4.76. The van der Waals surface area contributed by atoms with Crippen LogP contribution in [-0.2, 0) is 9.47 Å².